The zero-order valence-electron chi connectivity index (χ0n) is 11.3. The first-order valence-corrected chi connectivity index (χ1v) is 6.71. The number of rotatable bonds is 6. The molecular formula is C13H13ClN4O4. The highest BCUT2D eigenvalue weighted by Crippen LogP contribution is 2.15. The van der Waals surface area contributed by atoms with Gasteiger partial charge in [0, 0.05) is 11.6 Å². The predicted octanol–water partition coefficient (Wildman–Crippen LogP) is 1.29. The van der Waals surface area contributed by atoms with Crippen LogP contribution in [0.25, 0.3) is 0 Å². The van der Waals surface area contributed by atoms with Gasteiger partial charge in [0.2, 0.25) is 5.91 Å². The number of halogens is 1. The van der Waals surface area contributed by atoms with Crippen LogP contribution in [-0.4, -0.2) is 32.3 Å². The van der Waals surface area contributed by atoms with Gasteiger partial charge in [-0.1, -0.05) is 23.7 Å². The smallest absolute Gasteiger partial charge is 0.387 e. The fourth-order valence-electron chi connectivity index (χ4n) is 1.75. The molecule has 1 amide bonds. The summed E-state index contributed by atoms with van der Waals surface area (Å²) in [6, 6.07) is 7.82. The third-order valence-corrected chi connectivity index (χ3v) is 3.12. The van der Waals surface area contributed by atoms with E-state index >= 15 is 0 Å². The highest BCUT2D eigenvalue weighted by Gasteiger charge is 2.14. The number of nitrogens with zero attached hydrogens (tertiary/aromatic N) is 3. The number of aliphatic hydroxyl groups excluding tert-OH is 1. The molecule has 0 aliphatic heterocycles. The van der Waals surface area contributed by atoms with Gasteiger partial charge in [0.05, 0.1) is 23.5 Å². The van der Waals surface area contributed by atoms with E-state index in [0.717, 1.165) is 4.68 Å². The third kappa shape index (κ3) is 4.27. The highest BCUT2D eigenvalue weighted by atomic mass is 35.5. The Balaban J connectivity index is 1.84. The van der Waals surface area contributed by atoms with Crippen molar-refractivity contribution in [2.45, 2.75) is 12.6 Å². The van der Waals surface area contributed by atoms with Crippen LogP contribution < -0.4 is 5.32 Å². The second-order valence-corrected chi connectivity index (χ2v) is 4.94. The van der Waals surface area contributed by atoms with Gasteiger partial charge in [0.1, 0.15) is 6.54 Å². The summed E-state index contributed by atoms with van der Waals surface area (Å²) in [5.74, 6) is -0.736. The van der Waals surface area contributed by atoms with Crippen molar-refractivity contribution in [3.63, 3.8) is 0 Å². The first-order chi connectivity index (χ1) is 10.5. The molecule has 8 nitrogen and oxygen atoms in total. The van der Waals surface area contributed by atoms with Gasteiger partial charge in [0.25, 0.3) is 0 Å². The van der Waals surface area contributed by atoms with E-state index in [9.17, 15) is 20.0 Å². The molecule has 0 bridgehead atoms. The van der Waals surface area contributed by atoms with E-state index in [2.05, 4.69) is 10.4 Å². The molecule has 0 fully saturated rings. The van der Waals surface area contributed by atoms with Crippen LogP contribution in [0.4, 0.5) is 5.82 Å². The maximum absolute atomic E-state index is 11.7. The Morgan fingerprint density at radius 3 is 2.68 bits per heavy atom. The zero-order valence-corrected chi connectivity index (χ0v) is 12.1. The van der Waals surface area contributed by atoms with Crippen molar-refractivity contribution in [2.24, 2.45) is 0 Å². The fraction of sp³-hybridized carbons (Fsp3) is 0.231. The minimum atomic E-state index is -0.867. The number of aliphatic hydroxyl groups is 1. The monoisotopic (exact) mass is 324 g/mol. The van der Waals surface area contributed by atoms with E-state index in [1.165, 1.54) is 12.3 Å². The number of hydrogen-bond donors (Lipinski definition) is 2. The van der Waals surface area contributed by atoms with Gasteiger partial charge in [0.15, 0.2) is 0 Å². The topological polar surface area (TPSA) is 110 Å². The normalized spacial score (nSPS) is 11.9. The van der Waals surface area contributed by atoms with Crippen molar-refractivity contribution in [1.29, 1.82) is 0 Å². The second-order valence-electron chi connectivity index (χ2n) is 4.50. The first kappa shape index (κ1) is 15.9. The van der Waals surface area contributed by atoms with E-state index in [4.69, 9.17) is 11.6 Å². The molecule has 0 saturated carbocycles. The summed E-state index contributed by atoms with van der Waals surface area (Å²) < 4.78 is 1.15. The van der Waals surface area contributed by atoms with Crippen molar-refractivity contribution >= 4 is 23.3 Å². The molecule has 0 spiro atoms. The average Bonchev–Trinajstić information content (AvgIpc) is 2.94. The molecule has 22 heavy (non-hydrogen) atoms. The first-order valence-electron chi connectivity index (χ1n) is 6.34. The molecule has 2 rings (SSSR count). The van der Waals surface area contributed by atoms with Gasteiger partial charge in [-0.25, -0.2) is 0 Å². The lowest BCUT2D eigenvalue weighted by Crippen LogP contribution is -2.31. The lowest BCUT2D eigenvalue weighted by Gasteiger charge is -2.12. The van der Waals surface area contributed by atoms with Crippen LogP contribution in [0.2, 0.25) is 5.02 Å². The molecule has 0 aliphatic carbocycles. The van der Waals surface area contributed by atoms with Crippen LogP contribution in [0.3, 0.4) is 0 Å². The van der Waals surface area contributed by atoms with Crippen molar-refractivity contribution in [1.82, 2.24) is 15.1 Å². The Morgan fingerprint density at radius 1 is 1.41 bits per heavy atom. The van der Waals surface area contributed by atoms with Gasteiger partial charge >= 0.3 is 5.82 Å². The van der Waals surface area contributed by atoms with Gasteiger partial charge in [-0.3, -0.25) is 4.79 Å². The summed E-state index contributed by atoms with van der Waals surface area (Å²) in [4.78, 5) is 21.5. The Kier molecular flexibility index (Phi) is 5.08. The maximum atomic E-state index is 11.7. The molecule has 0 saturated heterocycles. The number of carbonyl (C=O) groups is 1. The molecule has 116 valence electrons. The minimum absolute atomic E-state index is 0.0177. The van der Waals surface area contributed by atoms with Crippen LogP contribution in [-0.2, 0) is 11.3 Å². The molecule has 9 heteroatoms. The summed E-state index contributed by atoms with van der Waals surface area (Å²) in [6.45, 7) is -0.148. The van der Waals surface area contributed by atoms with E-state index in [1.54, 1.807) is 24.3 Å². The van der Waals surface area contributed by atoms with E-state index in [0.29, 0.717) is 10.6 Å². The molecule has 1 aromatic heterocycles. The average molecular weight is 325 g/mol. The van der Waals surface area contributed by atoms with Crippen molar-refractivity contribution < 1.29 is 14.8 Å². The summed E-state index contributed by atoms with van der Waals surface area (Å²) in [5, 5.41) is 27.1. The number of benzene rings is 1. The molecule has 2 aromatic rings. The summed E-state index contributed by atoms with van der Waals surface area (Å²) in [5.41, 5.74) is 0.624. The lowest BCUT2D eigenvalue weighted by atomic mass is 10.1. The van der Waals surface area contributed by atoms with Crippen molar-refractivity contribution in [3.05, 3.63) is 57.2 Å². The summed E-state index contributed by atoms with van der Waals surface area (Å²) in [6.07, 6.45) is 0.473. The Morgan fingerprint density at radius 2 is 2.09 bits per heavy atom. The minimum Gasteiger partial charge on any atom is -0.387 e. The van der Waals surface area contributed by atoms with E-state index in [1.807, 2.05) is 0 Å². The van der Waals surface area contributed by atoms with E-state index < -0.39 is 16.9 Å². The molecule has 1 heterocycles. The number of carbonyl (C=O) groups excluding carboxylic acids is 1. The quantitative estimate of drug-likeness (QED) is 0.614. The predicted molar refractivity (Wildman–Crippen MR) is 78.3 cm³/mol. The third-order valence-electron chi connectivity index (χ3n) is 2.87. The maximum Gasteiger partial charge on any atom is 0.389 e. The van der Waals surface area contributed by atoms with Gasteiger partial charge < -0.3 is 20.5 Å². The van der Waals surface area contributed by atoms with Crippen LogP contribution in [0, 0.1) is 10.1 Å². The fourth-order valence-corrected chi connectivity index (χ4v) is 1.88. The van der Waals surface area contributed by atoms with Crippen LogP contribution in [0.15, 0.2) is 36.5 Å². The number of amides is 1. The summed E-state index contributed by atoms with van der Waals surface area (Å²) in [7, 11) is 0. The number of nitrogens with one attached hydrogen (secondary N) is 1. The molecule has 1 atom stereocenters. The molecular weight excluding hydrogens is 312 g/mol. The Hall–Kier alpha value is -2.45. The SMILES string of the molecule is O=C(Cn1ccc([N+](=O)[O-])n1)NCC(O)c1ccc(Cl)cc1. The highest BCUT2D eigenvalue weighted by molar-refractivity contribution is 6.30. The Labute approximate surface area is 130 Å². The summed E-state index contributed by atoms with van der Waals surface area (Å²) >= 11 is 5.75. The zero-order chi connectivity index (χ0) is 16.1. The molecule has 0 radical (unpaired) electrons. The molecule has 1 aromatic carbocycles. The second kappa shape index (κ2) is 7.01. The van der Waals surface area contributed by atoms with Crippen molar-refractivity contribution in [3.8, 4) is 0 Å². The largest absolute Gasteiger partial charge is 0.389 e. The lowest BCUT2D eigenvalue weighted by molar-refractivity contribution is -0.389. The van der Waals surface area contributed by atoms with Crippen LogP contribution in [0.5, 0.6) is 0 Å². The standard InChI is InChI=1S/C13H13ClN4O4/c14-10-3-1-9(2-4-10)11(19)7-15-13(20)8-17-6-5-12(16-17)18(21)22/h1-6,11,19H,7-8H2,(H,15,20). The molecule has 0 aliphatic rings. The number of aromatic nitrogens is 2. The van der Waals surface area contributed by atoms with Crippen LogP contribution in [0.1, 0.15) is 11.7 Å². The molecule has 1 unspecified atom stereocenters. The van der Waals surface area contributed by atoms with Gasteiger partial charge in [-0.05, 0) is 22.6 Å². The van der Waals surface area contributed by atoms with E-state index in [-0.39, 0.29) is 18.9 Å². The van der Waals surface area contributed by atoms with Crippen LogP contribution >= 0.6 is 11.6 Å². The molecule has 2 N–H and O–H groups in total. The number of hydrogen-bond acceptors (Lipinski definition) is 5. The Bertz CT molecular complexity index is 671. The van der Waals surface area contributed by atoms with Gasteiger partial charge in [-0.15, -0.1) is 0 Å². The van der Waals surface area contributed by atoms with Gasteiger partial charge in [-0.2, -0.15) is 4.68 Å². The van der Waals surface area contributed by atoms with Crippen molar-refractivity contribution in [2.75, 3.05) is 6.54 Å². The number of nitro groups is 1.